The predicted molar refractivity (Wildman–Crippen MR) is 474 cm³/mol. The Morgan fingerprint density at radius 3 is 1.02 bits per heavy atom. The highest BCUT2D eigenvalue weighted by Gasteiger charge is 2.80. The predicted octanol–water partition coefficient (Wildman–Crippen LogP) is 11.3. The number of methoxy groups -OCH3 is 2. The number of carboxylic acid groups (broad SMARTS) is 2. The number of halogens is 3. The number of hydrogen-bond donors (Lipinski definition) is 11. The number of Topliss-reactive ketones (excluding diaryl/α,β-unsaturated/α-hetero) is 5. The number of fused-ring (bicyclic) bond motifs is 15. The van der Waals surface area contributed by atoms with Gasteiger partial charge in [-0.25, -0.2) is 22.8 Å². The zero-order valence-electron chi connectivity index (χ0n) is 78.3. The van der Waals surface area contributed by atoms with Crippen LogP contribution < -0.4 is 5.84 Å². The van der Waals surface area contributed by atoms with Gasteiger partial charge in [0.25, 0.3) is 0 Å². The fourth-order valence-electron chi connectivity index (χ4n) is 25.6. The summed E-state index contributed by atoms with van der Waals surface area (Å²) in [7, 11) is -2.60. The molecule has 0 saturated heterocycles. The van der Waals surface area contributed by atoms with Gasteiger partial charge in [0.2, 0.25) is 0 Å². The molecule has 1 unspecified atom stereocenters. The zero-order chi connectivity index (χ0) is 95.8. The fourth-order valence-corrected chi connectivity index (χ4v) is 27.4. The normalized spacial score (nSPS) is 40.7. The van der Waals surface area contributed by atoms with E-state index in [4.69, 9.17) is 29.6 Å². The number of ether oxygens (including phenoxy) is 2. The van der Waals surface area contributed by atoms with E-state index in [9.17, 15) is 84.0 Å². The smallest absolute Gasteiger partial charge is 0.339 e. The van der Waals surface area contributed by atoms with Crippen LogP contribution in [0.4, 0.5) is 13.2 Å². The second-order valence-electron chi connectivity index (χ2n) is 43.7. The maximum atomic E-state index is 18.3. The Balaban J connectivity index is 0.000000275. The molecule has 0 aliphatic heterocycles. The number of carboxylic acids is 2. The van der Waals surface area contributed by atoms with Crippen molar-refractivity contribution in [3.05, 3.63) is 71.4 Å². The van der Waals surface area contributed by atoms with Gasteiger partial charge in [0, 0.05) is 69.5 Å². The molecular formula is C95H141F3N4O23Si2. The van der Waals surface area contributed by atoms with E-state index in [-0.39, 0.29) is 78.3 Å². The molecule has 708 valence electrons. The van der Waals surface area contributed by atoms with Crippen LogP contribution in [0.5, 0.6) is 0 Å². The molecule has 127 heavy (non-hydrogen) atoms. The molecular weight excluding hydrogens is 1680 g/mol. The Labute approximate surface area is 746 Å². The largest absolute Gasteiger partial charge is 0.481 e. The number of rotatable bonds is 24. The third kappa shape index (κ3) is 16.1. The molecule has 32 heteroatoms. The number of allylic oxidation sites excluding steroid dienone is 12. The molecule has 0 spiro atoms. The van der Waals surface area contributed by atoms with Crippen molar-refractivity contribution in [1.82, 2.24) is 0 Å². The van der Waals surface area contributed by atoms with E-state index < -0.39 is 228 Å². The molecule has 0 bridgehead atoms. The number of alkyl halides is 3. The van der Waals surface area contributed by atoms with Crippen LogP contribution in [0.15, 0.2) is 86.5 Å². The molecule has 0 aromatic rings. The molecule has 0 aromatic heterocycles. The monoisotopic (exact) mass is 1820 g/mol. The lowest BCUT2D eigenvalue weighted by Crippen LogP contribution is -2.69. The summed E-state index contributed by atoms with van der Waals surface area (Å²) in [4.78, 5) is 122. The molecule has 12 rings (SSSR count). The standard InChI is InChI=1S/C60H86F2N2O12Si.C28H45FN2O4Si.C7H10O7/c1-14-46(67)59(73)34(2)23-44-42-17-15-36-25-38(19-21-52(36,7)57(42,61)47(68)29-54(44,59)9)63-31-40(65)27-56(72,50(71)75-11)28-41(66)32-64-39-20-22-53(8)37(26-39)16-18-43-45-24-35(3)60(74,55(45,10)30-48(69)58(43,53)62)49(70)33-76-77(12,13)51(4,5)6;1-17-13-21-20-10-9-18-14-19(31-30)11-12-25(18,5)27(20,29)22(32)15-26(21,6)28(17,34)23(33)16-35-36(7,8)24(2,3)4;1-14-6(12)7(13,2-4(8)9)3-5(10)11/h19-22,25-26,34-35,42-45,47-48,68-69,72-74H,14-18,23-24,27-33H2,1-13H3;11-12,14,17,20-22,32,34H,9-10,13,15-16,30H2,1-8H3;13H,2-3H2,1H3,(H,8,9)(H,10,11)/b;31-19+;/t34-,35-,42+,43+,44+,45+,47+,48+,52+,53+,54+,55+,56?,57+,58+,59+,60+;17-,20+,21+,22+,25+,26+,27+,28+;/m11./s1. The van der Waals surface area contributed by atoms with E-state index in [1.54, 1.807) is 69.4 Å². The number of ketones is 5. The SMILES string of the molecule is CCC(=O)[C@@]1(O)[C@H](C)C[C@H]2[C@@H]3CCC4=CC(=NCC(=O)CC(O)(CC(=O)CN=C5C=C[C@@]6(C)C(=C5)CC[C@H]5[C@@H]7C[C@@H](C)[C@](O)(C(=O)CO[Si](C)(C)C(C)(C)C)[C@@]7(C)C[C@H](O)[C@@]56F)C(=O)OC)C=C[C@]4(C)[C@@]3(F)[C@@H](O)C[C@@]21C.COC(=O)C(O)(CC(=O)O)CC(=O)O.C[C@@H]1C[C@H]2[C@@H]3CCC4=C/C(=N/N)C=C[C@]4(C)[C@@]3(F)[C@@H](O)C[C@]2(C)[C@@]1(O)C(=O)CO[Si](C)(C)C(C)(C)C. The Hall–Kier alpha value is -6.70. The van der Waals surface area contributed by atoms with Crippen LogP contribution in [0.2, 0.25) is 36.3 Å². The molecule has 12 N–H and O–H groups in total. The highest BCUT2D eigenvalue weighted by Crippen LogP contribution is 2.75. The third-order valence-electron chi connectivity index (χ3n) is 35.1. The number of hydrazone groups is 1. The lowest BCUT2D eigenvalue weighted by Gasteiger charge is -2.62. The number of carbonyl (C=O) groups is 9. The van der Waals surface area contributed by atoms with Gasteiger partial charge in [0.15, 0.2) is 73.8 Å². The highest BCUT2D eigenvalue weighted by atomic mass is 28.4. The molecule has 9 saturated carbocycles. The summed E-state index contributed by atoms with van der Waals surface area (Å²) in [5.74, 6) is -6.48. The summed E-state index contributed by atoms with van der Waals surface area (Å²) < 4.78 is 75.1. The van der Waals surface area contributed by atoms with Gasteiger partial charge in [0.1, 0.15) is 16.8 Å². The third-order valence-corrected chi connectivity index (χ3v) is 44.0. The van der Waals surface area contributed by atoms with Crippen LogP contribution in [0.1, 0.15) is 220 Å². The van der Waals surface area contributed by atoms with E-state index in [2.05, 4.69) is 74.5 Å². The average Bonchev–Trinajstić information content (AvgIpc) is 1.59. The van der Waals surface area contributed by atoms with E-state index in [0.29, 0.717) is 86.1 Å². The van der Waals surface area contributed by atoms with Crippen LogP contribution >= 0.6 is 0 Å². The summed E-state index contributed by atoms with van der Waals surface area (Å²) >= 11 is 0. The van der Waals surface area contributed by atoms with Gasteiger partial charge in [-0.05, 0) is 206 Å². The molecule has 25 atom stereocenters. The number of aliphatic hydroxyl groups excluding tert-OH is 3. The average molecular weight is 1820 g/mol. The fraction of sp³-hybridized carbons (Fsp3) is 0.747. The quantitative estimate of drug-likeness (QED) is 0.0185. The van der Waals surface area contributed by atoms with Crippen LogP contribution in [0.25, 0.3) is 0 Å². The van der Waals surface area contributed by atoms with Crippen LogP contribution in [-0.2, 0) is 61.5 Å². The highest BCUT2D eigenvalue weighted by molar-refractivity contribution is 6.74. The van der Waals surface area contributed by atoms with Crippen molar-refractivity contribution < 1.29 is 126 Å². The maximum absolute atomic E-state index is 18.3. The second-order valence-corrected chi connectivity index (χ2v) is 53.3. The number of esters is 2. The first kappa shape index (κ1) is 102. The molecule has 12 aliphatic carbocycles. The minimum absolute atomic E-state index is 0.0197. The number of carbonyl (C=O) groups excluding carboxylic acids is 7. The summed E-state index contributed by atoms with van der Waals surface area (Å²) in [6, 6.07) is 0. The number of aliphatic hydroxyl groups is 8. The number of nitrogens with zero attached hydrogens (tertiary/aromatic N) is 3. The molecule has 27 nitrogen and oxygen atoms in total. The van der Waals surface area contributed by atoms with Crippen molar-refractivity contribution in [2.75, 3.05) is 40.5 Å². The summed E-state index contributed by atoms with van der Waals surface area (Å²) in [5, 5.41) is 113. The van der Waals surface area contributed by atoms with E-state index in [1.807, 2.05) is 67.6 Å². The summed E-state index contributed by atoms with van der Waals surface area (Å²) in [5.41, 5.74) is -19.5. The number of nitrogens with two attached hydrogens (primary N) is 1. The molecule has 0 heterocycles. The van der Waals surface area contributed by atoms with Crippen molar-refractivity contribution >= 4 is 86.6 Å². The van der Waals surface area contributed by atoms with Crippen molar-refractivity contribution in [3.63, 3.8) is 0 Å². The Morgan fingerprint density at radius 1 is 0.472 bits per heavy atom. The van der Waals surface area contributed by atoms with E-state index >= 15 is 13.2 Å². The first-order valence-electron chi connectivity index (χ1n) is 45.0. The molecule has 0 radical (unpaired) electrons. The van der Waals surface area contributed by atoms with Gasteiger partial charge in [-0.3, -0.25) is 43.5 Å². The van der Waals surface area contributed by atoms with Crippen molar-refractivity contribution in [2.24, 2.45) is 107 Å². The Bertz CT molecular complexity index is 4680. The van der Waals surface area contributed by atoms with Crippen LogP contribution in [0, 0.1) is 85.8 Å². The Morgan fingerprint density at radius 2 is 0.748 bits per heavy atom. The first-order chi connectivity index (χ1) is 58.2. The van der Waals surface area contributed by atoms with Crippen molar-refractivity contribution in [2.45, 2.75) is 320 Å². The number of aliphatic carboxylic acids is 2. The summed E-state index contributed by atoms with van der Waals surface area (Å²) in [6.45, 7) is 37.5. The van der Waals surface area contributed by atoms with Crippen molar-refractivity contribution in [3.8, 4) is 0 Å². The molecule has 0 amide bonds. The number of hydrogen-bond acceptors (Lipinski definition) is 25. The lowest BCUT2D eigenvalue weighted by atomic mass is 9.44. The van der Waals surface area contributed by atoms with E-state index in [0.717, 1.165) is 19.8 Å². The summed E-state index contributed by atoms with van der Waals surface area (Å²) in [6.07, 6.45) is 11.4. The topological polar surface area (TPSA) is 456 Å². The van der Waals surface area contributed by atoms with Gasteiger partial charge in [0.05, 0.1) is 88.8 Å². The van der Waals surface area contributed by atoms with Gasteiger partial charge in [-0.15, -0.1) is 0 Å². The van der Waals surface area contributed by atoms with Gasteiger partial charge in [-0.1, -0.05) is 125 Å². The minimum Gasteiger partial charge on any atom is -0.481 e. The molecule has 12 aliphatic rings. The first-order valence-corrected chi connectivity index (χ1v) is 50.8. The molecule has 9 fully saturated rings. The second kappa shape index (κ2) is 34.7. The van der Waals surface area contributed by atoms with Crippen molar-refractivity contribution in [1.29, 1.82) is 0 Å². The molecule has 0 aromatic carbocycles. The van der Waals surface area contributed by atoms with Gasteiger partial charge in [-0.2, -0.15) is 5.10 Å². The van der Waals surface area contributed by atoms with Crippen LogP contribution in [-0.4, -0.2) is 241 Å². The zero-order valence-corrected chi connectivity index (χ0v) is 80.3. The van der Waals surface area contributed by atoms with Gasteiger partial charge < -0.3 is 75.2 Å². The maximum Gasteiger partial charge on any atom is 0.339 e. The van der Waals surface area contributed by atoms with E-state index in [1.165, 1.54) is 0 Å². The van der Waals surface area contributed by atoms with Gasteiger partial charge >= 0.3 is 23.9 Å². The number of aliphatic imine (C=N–C) groups is 2. The minimum atomic E-state index is -2.55. The Kier molecular flexibility index (Phi) is 28.0. The lowest BCUT2D eigenvalue weighted by molar-refractivity contribution is -0.219. The van der Waals surface area contributed by atoms with Crippen LogP contribution in [0.3, 0.4) is 0 Å².